The van der Waals surface area contributed by atoms with Crippen molar-refractivity contribution < 1.29 is 28.6 Å². The second-order valence-corrected chi connectivity index (χ2v) is 11.1. The van der Waals surface area contributed by atoms with Crippen molar-refractivity contribution in [2.45, 2.75) is 76.9 Å². The van der Waals surface area contributed by atoms with Gasteiger partial charge in [0.2, 0.25) is 5.91 Å². The quantitative estimate of drug-likeness (QED) is 0.377. The van der Waals surface area contributed by atoms with Crippen LogP contribution in [-0.2, 0) is 30.4 Å². The average Bonchev–Trinajstić information content (AvgIpc) is 3.42. The SMILES string of the molecule is C=CCOC(=O)[C@@]1(NC(=O)[C@@H]2C[C@@H](OCc3cccc4ccccc34)CN2C(=O)OC(C)(C)C)CC1CC. The number of fused-ring (bicyclic) bond motifs is 1. The van der Waals surface area contributed by atoms with Crippen molar-refractivity contribution in [2.24, 2.45) is 5.92 Å². The van der Waals surface area contributed by atoms with E-state index in [-0.39, 0.29) is 25.2 Å². The molecule has 1 aliphatic heterocycles. The first-order valence-electron chi connectivity index (χ1n) is 13.3. The molecule has 1 saturated heterocycles. The number of rotatable bonds is 9. The normalized spacial score (nSPS) is 24.6. The summed E-state index contributed by atoms with van der Waals surface area (Å²) < 4.78 is 17.1. The van der Waals surface area contributed by atoms with Crippen LogP contribution in [0.4, 0.5) is 4.79 Å². The van der Waals surface area contributed by atoms with E-state index in [4.69, 9.17) is 14.2 Å². The van der Waals surface area contributed by atoms with E-state index in [1.807, 2.05) is 31.2 Å². The number of hydrogen-bond donors (Lipinski definition) is 1. The Kier molecular flexibility index (Phi) is 8.11. The molecule has 4 rings (SSSR count). The fourth-order valence-electron chi connectivity index (χ4n) is 5.16. The van der Waals surface area contributed by atoms with Crippen LogP contribution in [0.3, 0.4) is 0 Å². The molecule has 1 aliphatic carbocycles. The van der Waals surface area contributed by atoms with E-state index < -0.39 is 35.2 Å². The molecule has 1 heterocycles. The van der Waals surface area contributed by atoms with Crippen molar-refractivity contribution >= 4 is 28.7 Å². The van der Waals surface area contributed by atoms with Crippen LogP contribution in [0.25, 0.3) is 10.8 Å². The van der Waals surface area contributed by atoms with E-state index in [1.165, 1.54) is 11.0 Å². The molecule has 0 radical (unpaired) electrons. The molecule has 2 aromatic carbocycles. The number of carbonyl (C=O) groups excluding carboxylic acids is 3. The lowest BCUT2D eigenvalue weighted by Gasteiger charge is -2.29. The summed E-state index contributed by atoms with van der Waals surface area (Å²) in [5.74, 6) is -0.889. The van der Waals surface area contributed by atoms with Gasteiger partial charge in [-0.05, 0) is 49.4 Å². The molecule has 204 valence electrons. The molecule has 2 aromatic rings. The maximum absolute atomic E-state index is 13.6. The molecule has 1 N–H and O–H groups in total. The third-order valence-corrected chi connectivity index (χ3v) is 7.19. The van der Waals surface area contributed by atoms with Gasteiger partial charge in [0, 0.05) is 6.42 Å². The standard InChI is InChI=1S/C30H38N2O6/c1-6-15-36-27(34)30(17-22(30)7-2)31-26(33)25-16-23(18-32(25)28(35)38-29(3,4)5)37-19-21-13-10-12-20-11-8-9-14-24(20)21/h6,8-14,22-23,25H,1,7,15-19H2,2-5H3,(H,31,33)/t22?,23-,25+,30-/m1/s1. The van der Waals surface area contributed by atoms with Crippen LogP contribution in [0, 0.1) is 5.92 Å². The first-order valence-corrected chi connectivity index (χ1v) is 13.3. The van der Waals surface area contributed by atoms with Gasteiger partial charge in [-0.3, -0.25) is 9.69 Å². The van der Waals surface area contributed by atoms with Crippen LogP contribution in [0.15, 0.2) is 55.1 Å². The number of amides is 2. The monoisotopic (exact) mass is 522 g/mol. The van der Waals surface area contributed by atoms with Crippen LogP contribution in [0.2, 0.25) is 0 Å². The van der Waals surface area contributed by atoms with E-state index in [2.05, 4.69) is 30.1 Å². The molecule has 8 heteroatoms. The second kappa shape index (κ2) is 11.2. The smallest absolute Gasteiger partial charge is 0.411 e. The zero-order valence-corrected chi connectivity index (χ0v) is 22.7. The van der Waals surface area contributed by atoms with E-state index in [0.29, 0.717) is 19.4 Å². The van der Waals surface area contributed by atoms with Crippen LogP contribution < -0.4 is 5.32 Å². The highest BCUT2D eigenvalue weighted by atomic mass is 16.6. The predicted molar refractivity (Wildman–Crippen MR) is 144 cm³/mol. The van der Waals surface area contributed by atoms with Gasteiger partial charge >= 0.3 is 12.1 Å². The van der Waals surface area contributed by atoms with Crippen LogP contribution in [0.1, 0.15) is 52.5 Å². The largest absolute Gasteiger partial charge is 0.460 e. The van der Waals surface area contributed by atoms with Gasteiger partial charge in [0.15, 0.2) is 0 Å². The van der Waals surface area contributed by atoms with Crippen LogP contribution in [-0.4, -0.2) is 59.3 Å². The predicted octanol–water partition coefficient (Wildman–Crippen LogP) is 4.75. The summed E-state index contributed by atoms with van der Waals surface area (Å²) in [6, 6.07) is 13.3. The van der Waals surface area contributed by atoms with E-state index in [0.717, 1.165) is 22.8 Å². The van der Waals surface area contributed by atoms with Gasteiger partial charge in [0.05, 0.1) is 19.3 Å². The van der Waals surface area contributed by atoms with E-state index in [9.17, 15) is 14.4 Å². The lowest BCUT2D eigenvalue weighted by Crippen LogP contribution is -2.54. The van der Waals surface area contributed by atoms with Crippen molar-refractivity contribution in [1.82, 2.24) is 10.2 Å². The zero-order chi connectivity index (χ0) is 27.5. The number of carbonyl (C=O) groups is 3. The van der Waals surface area contributed by atoms with Crippen molar-refractivity contribution in [3.63, 3.8) is 0 Å². The number of benzene rings is 2. The van der Waals surface area contributed by atoms with Crippen LogP contribution >= 0.6 is 0 Å². The first kappa shape index (κ1) is 27.6. The van der Waals surface area contributed by atoms with Crippen molar-refractivity contribution in [1.29, 1.82) is 0 Å². The Morgan fingerprint density at radius 1 is 1.16 bits per heavy atom. The molecule has 2 amide bonds. The molecule has 0 spiro atoms. The summed E-state index contributed by atoms with van der Waals surface area (Å²) in [7, 11) is 0. The minimum Gasteiger partial charge on any atom is -0.460 e. The third-order valence-electron chi connectivity index (χ3n) is 7.19. The number of esters is 1. The van der Waals surface area contributed by atoms with Crippen molar-refractivity contribution in [3.8, 4) is 0 Å². The molecule has 0 bridgehead atoms. The Labute approximate surface area is 224 Å². The highest BCUT2D eigenvalue weighted by Crippen LogP contribution is 2.47. The third kappa shape index (κ3) is 6.01. The summed E-state index contributed by atoms with van der Waals surface area (Å²) in [5, 5.41) is 5.16. The summed E-state index contributed by atoms with van der Waals surface area (Å²) in [5.41, 5.74) is -0.761. The molecule has 1 saturated carbocycles. The second-order valence-electron chi connectivity index (χ2n) is 11.1. The Hall–Kier alpha value is -3.39. The van der Waals surface area contributed by atoms with Gasteiger partial charge in [-0.2, -0.15) is 0 Å². The molecule has 0 aromatic heterocycles. The van der Waals surface area contributed by atoms with Crippen molar-refractivity contribution in [2.75, 3.05) is 13.2 Å². The fraction of sp³-hybridized carbons (Fsp3) is 0.500. The Morgan fingerprint density at radius 3 is 2.58 bits per heavy atom. The number of ether oxygens (including phenoxy) is 3. The molecular formula is C30H38N2O6. The number of hydrogen-bond acceptors (Lipinski definition) is 6. The van der Waals surface area contributed by atoms with Crippen molar-refractivity contribution in [3.05, 3.63) is 60.7 Å². The summed E-state index contributed by atoms with van der Waals surface area (Å²) >= 11 is 0. The van der Waals surface area contributed by atoms with Gasteiger partial charge in [-0.25, -0.2) is 9.59 Å². The highest BCUT2D eigenvalue weighted by molar-refractivity contribution is 5.94. The molecule has 4 atom stereocenters. The van der Waals surface area contributed by atoms with Crippen LogP contribution in [0.5, 0.6) is 0 Å². The topological polar surface area (TPSA) is 94.2 Å². The summed E-state index contributed by atoms with van der Waals surface area (Å²) in [4.78, 5) is 40.9. The molecule has 2 aliphatic rings. The van der Waals surface area contributed by atoms with Gasteiger partial charge in [-0.1, -0.05) is 68.5 Å². The fourth-order valence-corrected chi connectivity index (χ4v) is 5.16. The van der Waals surface area contributed by atoms with E-state index in [1.54, 1.807) is 20.8 Å². The molecular weight excluding hydrogens is 484 g/mol. The average molecular weight is 523 g/mol. The Bertz CT molecular complexity index is 1200. The lowest BCUT2D eigenvalue weighted by atomic mass is 10.1. The molecule has 2 fully saturated rings. The molecule has 1 unspecified atom stereocenters. The number of nitrogens with zero attached hydrogens (tertiary/aromatic N) is 1. The van der Waals surface area contributed by atoms with Gasteiger partial charge in [0.25, 0.3) is 0 Å². The van der Waals surface area contributed by atoms with Gasteiger partial charge < -0.3 is 19.5 Å². The number of nitrogens with one attached hydrogen (secondary N) is 1. The van der Waals surface area contributed by atoms with Gasteiger partial charge in [-0.15, -0.1) is 0 Å². The van der Waals surface area contributed by atoms with E-state index >= 15 is 0 Å². The minimum atomic E-state index is -1.07. The maximum atomic E-state index is 13.6. The zero-order valence-electron chi connectivity index (χ0n) is 22.7. The first-order chi connectivity index (χ1) is 18.1. The maximum Gasteiger partial charge on any atom is 0.411 e. The summed E-state index contributed by atoms with van der Waals surface area (Å²) in [6.07, 6.45) is 2.06. The lowest BCUT2D eigenvalue weighted by molar-refractivity contribution is -0.149. The minimum absolute atomic E-state index is 0.0152. The molecule has 8 nitrogen and oxygen atoms in total. The Morgan fingerprint density at radius 2 is 1.89 bits per heavy atom. The highest BCUT2D eigenvalue weighted by Gasteiger charge is 2.62. The molecule has 38 heavy (non-hydrogen) atoms. The van der Waals surface area contributed by atoms with Gasteiger partial charge in [0.1, 0.15) is 23.8 Å². The summed E-state index contributed by atoms with van der Waals surface area (Å²) in [6.45, 7) is 11.5. The number of likely N-dealkylation sites (tertiary alicyclic amines) is 1. The Balaban J connectivity index is 1.50.